The number of fused-ring (bicyclic) bond motifs is 1. The highest BCUT2D eigenvalue weighted by Gasteiger charge is 2.11. The van der Waals surface area contributed by atoms with Gasteiger partial charge in [-0.1, -0.05) is 6.92 Å². The Kier molecular flexibility index (Phi) is 4.23. The number of aliphatic carboxylic acids is 1. The fourth-order valence-electron chi connectivity index (χ4n) is 1.75. The van der Waals surface area contributed by atoms with Crippen molar-refractivity contribution in [2.24, 2.45) is 0 Å². The highest BCUT2D eigenvalue weighted by atomic mass is 16.5. The van der Waals surface area contributed by atoms with Crippen LogP contribution in [0.4, 0.5) is 0 Å². The molecule has 1 N–H and O–H groups in total. The van der Waals surface area contributed by atoms with E-state index >= 15 is 0 Å². The minimum Gasteiger partial charge on any atom is -0.493 e. The fraction of sp³-hybridized carbons (Fsp3) is 0.267. The van der Waals surface area contributed by atoms with Crippen LogP contribution in [0.1, 0.15) is 18.9 Å². The van der Waals surface area contributed by atoms with E-state index in [0.29, 0.717) is 13.2 Å². The number of benzene rings is 1. The largest absolute Gasteiger partial charge is 0.493 e. The molecular weight excluding hydrogens is 244 g/mol. The van der Waals surface area contributed by atoms with Crippen molar-refractivity contribution in [3.05, 3.63) is 41.5 Å². The maximum absolute atomic E-state index is 10.5. The maximum atomic E-state index is 10.5. The lowest BCUT2D eigenvalue weighted by Gasteiger charge is -2.17. The Bertz CT molecular complexity index is 529. The van der Waals surface area contributed by atoms with Crippen LogP contribution in [0, 0.1) is 0 Å². The number of hydrogen-bond donors (Lipinski definition) is 1. The molecule has 1 aromatic carbocycles. The zero-order chi connectivity index (χ0) is 13.7. The molecule has 2 rings (SSSR count). The second-order valence-electron chi connectivity index (χ2n) is 4.23. The lowest BCUT2D eigenvalue weighted by Crippen LogP contribution is -2.06. The molecule has 0 saturated heterocycles. The first kappa shape index (κ1) is 13.2. The molecule has 4 nitrogen and oxygen atoms in total. The second-order valence-corrected chi connectivity index (χ2v) is 4.23. The van der Waals surface area contributed by atoms with Crippen molar-refractivity contribution < 1.29 is 19.4 Å². The minimum absolute atomic E-state index is 0.369. The van der Waals surface area contributed by atoms with Crippen LogP contribution in [0.2, 0.25) is 0 Å². The maximum Gasteiger partial charge on any atom is 0.328 e. The first-order valence-corrected chi connectivity index (χ1v) is 6.20. The summed E-state index contributed by atoms with van der Waals surface area (Å²) >= 11 is 0. The smallest absolute Gasteiger partial charge is 0.328 e. The molecule has 4 heteroatoms. The van der Waals surface area contributed by atoms with Gasteiger partial charge in [-0.3, -0.25) is 0 Å². The Morgan fingerprint density at radius 3 is 3.11 bits per heavy atom. The average Bonchev–Trinajstić information content (AvgIpc) is 2.42. The first-order chi connectivity index (χ1) is 9.19. The fourth-order valence-corrected chi connectivity index (χ4v) is 1.75. The van der Waals surface area contributed by atoms with Gasteiger partial charge >= 0.3 is 5.97 Å². The van der Waals surface area contributed by atoms with Crippen molar-refractivity contribution >= 4 is 12.0 Å². The first-order valence-electron chi connectivity index (χ1n) is 6.20. The number of carboxylic acids is 1. The lowest BCUT2D eigenvalue weighted by atomic mass is 10.1. The Morgan fingerprint density at radius 2 is 2.37 bits per heavy atom. The minimum atomic E-state index is -0.963. The zero-order valence-corrected chi connectivity index (χ0v) is 10.8. The second kappa shape index (κ2) is 6.09. The molecule has 1 aliphatic rings. The van der Waals surface area contributed by atoms with Gasteiger partial charge in [-0.05, 0) is 36.3 Å². The molecule has 0 bridgehead atoms. The average molecular weight is 260 g/mol. The van der Waals surface area contributed by atoms with Crippen LogP contribution in [0.3, 0.4) is 0 Å². The molecule has 100 valence electrons. The monoisotopic (exact) mass is 260 g/mol. The van der Waals surface area contributed by atoms with Gasteiger partial charge in [0.15, 0.2) is 0 Å². The number of hydrogen-bond acceptors (Lipinski definition) is 3. The van der Waals surface area contributed by atoms with Gasteiger partial charge in [-0.15, -0.1) is 0 Å². The molecule has 19 heavy (non-hydrogen) atoms. The summed E-state index contributed by atoms with van der Waals surface area (Å²) < 4.78 is 11.1. The summed E-state index contributed by atoms with van der Waals surface area (Å²) in [6.45, 7) is 3.11. The third kappa shape index (κ3) is 3.61. The lowest BCUT2D eigenvalue weighted by molar-refractivity contribution is -0.131. The van der Waals surface area contributed by atoms with E-state index in [1.54, 1.807) is 6.08 Å². The molecule has 1 aliphatic heterocycles. The summed E-state index contributed by atoms with van der Waals surface area (Å²) in [7, 11) is 0. The van der Waals surface area contributed by atoms with Gasteiger partial charge in [0.2, 0.25) is 0 Å². The van der Waals surface area contributed by atoms with Crippen LogP contribution < -0.4 is 9.47 Å². The Hall–Kier alpha value is -2.23. The molecule has 1 aromatic rings. The van der Waals surface area contributed by atoms with Crippen LogP contribution >= 0.6 is 0 Å². The van der Waals surface area contributed by atoms with Crippen LogP contribution in [0.25, 0.3) is 6.08 Å². The van der Waals surface area contributed by atoms with Gasteiger partial charge in [0, 0.05) is 17.7 Å². The van der Waals surface area contributed by atoms with Crippen molar-refractivity contribution in [3.8, 4) is 11.5 Å². The summed E-state index contributed by atoms with van der Waals surface area (Å²) in [6.07, 6.45) is 5.54. The van der Waals surface area contributed by atoms with E-state index in [1.165, 1.54) is 0 Å². The Labute approximate surface area is 112 Å². The van der Waals surface area contributed by atoms with Crippen molar-refractivity contribution in [1.29, 1.82) is 0 Å². The number of carbonyl (C=O) groups is 1. The van der Waals surface area contributed by atoms with Crippen LogP contribution in [0.15, 0.2) is 35.9 Å². The molecule has 0 aliphatic carbocycles. The zero-order valence-electron chi connectivity index (χ0n) is 10.8. The van der Waals surface area contributed by atoms with Crippen molar-refractivity contribution in [2.75, 3.05) is 13.2 Å². The SMILES string of the molecule is CCCOc1ccc2c(c1)OCC(C=CC(=O)O)=C2. The third-order valence-electron chi connectivity index (χ3n) is 2.63. The van der Waals surface area contributed by atoms with Gasteiger partial charge in [0.05, 0.1) is 6.61 Å². The van der Waals surface area contributed by atoms with E-state index in [4.69, 9.17) is 14.6 Å². The Morgan fingerprint density at radius 1 is 1.53 bits per heavy atom. The molecule has 0 atom stereocenters. The quantitative estimate of drug-likeness (QED) is 0.827. The van der Waals surface area contributed by atoms with E-state index in [1.807, 2.05) is 24.3 Å². The summed E-state index contributed by atoms with van der Waals surface area (Å²) in [5, 5.41) is 8.59. The molecule has 0 saturated carbocycles. The molecule has 0 radical (unpaired) electrons. The van der Waals surface area contributed by atoms with Crippen LogP contribution in [-0.4, -0.2) is 24.3 Å². The van der Waals surface area contributed by atoms with E-state index in [-0.39, 0.29) is 0 Å². The van der Waals surface area contributed by atoms with Crippen molar-refractivity contribution in [1.82, 2.24) is 0 Å². The van der Waals surface area contributed by atoms with E-state index in [0.717, 1.165) is 35.1 Å². The van der Waals surface area contributed by atoms with Crippen LogP contribution in [-0.2, 0) is 4.79 Å². The topological polar surface area (TPSA) is 55.8 Å². The summed E-state index contributed by atoms with van der Waals surface area (Å²) in [4.78, 5) is 10.5. The third-order valence-corrected chi connectivity index (χ3v) is 2.63. The molecule has 0 aromatic heterocycles. The number of rotatable bonds is 5. The molecule has 0 fully saturated rings. The van der Waals surface area contributed by atoms with Gasteiger partial charge in [0.1, 0.15) is 18.1 Å². The molecule has 0 unspecified atom stereocenters. The summed E-state index contributed by atoms with van der Waals surface area (Å²) in [5.74, 6) is 0.592. The summed E-state index contributed by atoms with van der Waals surface area (Å²) in [6, 6.07) is 5.66. The van der Waals surface area contributed by atoms with E-state index < -0.39 is 5.97 Å². The van der Waals surface area contributed by atoms with Gasteiger partial charge < -0.3 is 14.6 Å². The highest BCUT2D eigenvalue weighted by molar-refractivity contribution is 5.81. The molecule has 0 spiro atoms. The normalized spacial score (nSPS) is 13.6. The summed E-state index contributed by atoms with van der Waals surface area (Å²) in [5.41, 5.74) is 1.76. The number of ether oxygens (including phenoxy) is 2. The predicted molar refractivity (Wildman–Crippen MR) is 72.5 cm³/mol. The molecule has 1 heterocycles. The Balaban J connectivity index is 2.15. The number of carboxylic acid groups (broad SMARTS) is 1. The van der Waals surface area contributed by atoms with Crippen molar-refractivity contribution in [2.45, 2.75) is 13.3 Å². The van der Waals surface area contributed by atoms with Gasteiger partial charge in [-0.2, -0.15) is 0 Å². The van der Waals surface area contributed by atoms with Gasteiger partial charge in [0.25, 0.3) is 0 Å². The highest BCUT2D eigenvalue weighted by Crippen LogP contribution is 2.30. The predicted octanol–water partition coefficient (Wildman–Crippen LogP) is 2.89. The standard InChI is InChI=1S/C15H16O4/c1-2-7-18-13-5-4-12-8-11(3-6-15(16)17)10-19-14(12)9-13/h3-6,8-9H,2,7,10H2,1H3,(H,16,17). The molecular formula is C15H16O4. The van der Waals surface area contributed by atoms with Gasteiger partial charge in [-0.25, -0.2) is 4.79 Å². The van der Waals surface area contributed by atoms with Crippen LogP contribution in [0.5, 0.6) is 11.5 Å². The van der Waals surface area contributed by atoms with Crippen molar-refractivity contribution in [3.63, 3.8) is 0 Å². The van der Waals surface area contributed by atoms with E-state index in [9.17, 15) is 4.79 Å². The molecule has 0 amide bonds. The van der Waals surface area contributed by atoms with E-state index in [2.05, 4.69) is 6.92 Å².